The normalized spacial score (nSPS) is 11.2. The van der Waals surface area contributed by atoms with Gasteiger partial charge in [0.15, 0.2) is 11.0 Å². The summed E-state index contributed by atoms with van der Waals surface area (Å²) in [6, 6.07) is 17.3. The van der Waals surface area contributed by atoms with E-state index in [1.165, 1.54) is 23.9 Å². The van der Waals surface area contributed by atoms with Gasteiger partial charge in [-0.25, -0.2) is 9.37 Å². The number of oxazole rings is 1. The van der Waals surface area contributed by atoms with Crippen LogP contribution in [0.25, 0.3) is 22.8 Å². The molecule has 5 rings (SSSR count). The Hall–Kier alpha value is -3.36. The molecule has 0 saturated heterocycles. The van der Waals surface area contributed by atoms with E-state index in [0.717, 1.165) is 17.0 Å². The van der Waals surface area contributed by atoms with Crippen molar-refractivity contribution in [2.45, 2.75) is 17.5 Å². The highest BCUT2D eigenvalue weighted by Crippen LogP contribution is 2.29. The van der Waals surface area contributed by atoms with Gasteiger partial charge >= 0.3 is 0 Å². The number of aromatic nitrogens is 4. The number of furan rings is 1. The quantitative estimate of drug-likeness (QED) is 0.261. The Morgan fingerprint density at radius 2 is 1.84 bits per heavy atom. The summed E-state index contributed by atoms with van der Waals surface area (Å²) in [5, 5.41) is 10.1. The van der Waals surface area contributed by atoms with Crippen molar-refractivity contribution in [3.63, 3.8) is 0 Å². The molecule has 0 fully saturated rings. The fraction of sp³-hybridized carbons (Fsp3) is 0.0870. The molecule has 160 valence electrons. The summed E-state index contributed by atoms with van der Waals surface area (Å²) in [6.07, 6.45) is 3.21. The molecule has 5 aromatic rings. The van der Waals surface area contributed by atoms with Gasteiger partial charge in [0.2, 0.25) is 5.89 Å². The van der Waals surface area contributed by atoms with Crippen LogP contribution in [0.1, 0.15) is 11.5 Å². The molecule has 2 aromatic carbocycles. The first-order valence-corrected chi connectivity index (χ1v) is 11.1. The highest BCUT2D eigenvalue weighted by atomic mass is 35.5. The van der Waals surface area contributed by atoms with E-state index in [2.05, 4.69) is 15.2 Å². The smallest absolute Gasteiger partial charge is 0.226 e. The van der Waals surface area contributed by atoms with Gasteiger partial charge in [0.05, 0.1) is 18.5 Å². The first-order chi connectivity index (χ1) is 15.7. The Kier molecular flexibility index (Phi) is 5.79. The van der Waals surface area contributed by atoms with Gasteiger partial charge in [-0.15, -0.1) is 10.2 Å². The van der Waals surface area contributed by atoms with Gasteiger partial charge < -0.3 is 8.83 Å². The number of nitrogens with zero attached hydrogens (tertiary/aromatic N) is 4. The van der Waals surface area contributed by atoms with Crippen molar-refractivity contribution in [1.29, 1.82) is 0 Å². The zero-order valence-electron chi connectivity index (χ0n) is 16.6. The fourth-order valence-electron chi connectivity index (χ4n) is 3.17. The van der Waals surface area contributed by atoms with Crippen molar-refractivity contribution < 1.29 is 13.2 Å². The molecule has 0 bridgehead atoms. The van der Waals surface area contributed by atoms with Gasteiger partial charge in [-0.2, -0.15) is 0 Å². The van der Waals surface area contributed by atoms with E-state index in [0.29, 0.717) is 39.8 Å². The Balaban J connectivity index is 1.39. The molecule has 0 spiro atoms. The lowest BCUT2D eigenvalue weighted by Gasteiger charge is -2.08. The van der Waals surface area contributed by atoms with E-state index in [-0.39, 0.29) is 5.82 Å². The highest BCUT2D eigenvalue weighted by molar-refractivity contribution is 7.98. The van der Waals surface area contributed by atoms with Crippen LogP contribution in [0, 0.1) is 5.82 Å². The lowest BCUT2D eigenvalue weighted by molar-refractivity contribution is 0.485. The van der Waals surface area contributed by atoms with Gasteiger partial charge in [-0.1, -0.05) is 29.4 Å². The van der Waals surface area contributed by atoms with E-state index < -0.39 is 0 Å². The third-order valence-electron chi connectivity index (χ3n) is 4.69. The lowest BCUT2D eigenvalue weighted by atomic mass is 10.2. The van der Waals surface area contributed by atoms with Crippen LogP contribution in [0.5, 0.6) is 0 Å². The van der Waals surface area contributed by atoms with E-state index >= 15 is 0 Å². The summed E-state index contributed by atoms with van der Waals surface area (Å²) in [5.41, 5.74) is 2.21. The molecule has 0 unspecified atom stereocenters. The Labute approximate surface area is 192 Å². The molecular formula is C23H16ClFN4O2S. The Bertz CT molecular complexity index is 1330. The van der Waals surface area contributed by atoms with E-state index in [1.54, 1.807) is 24.7 Å². The van der Waals surface area contributed by atoms with Crippen LogP contribution in [0.3, 0.4) is 0 Å². The maximum atomic E-state index is 13.5. The van der Waals surface area contributed by atoms with Crippen LogP contribution in [0.15, 0.2) is 87.2 Å². The van der Waals surface area contributed by atoms with Gasteiger partial charge in [0.1, 0.15) is 17.8 Å². The summed E-state index contributed by atoms with van der Waals surface area (Å²) >= 11 is 7.51. The molecule has 0 aliphatic carbocycles. The predicted molar refractivity (Wildman–Crippen MR) is 120 cm³/mol. The first-order valence-electron chi connectivity index (χ1n) is 9.70. The summed E-state index contributed by atoms with van der Waals surface area (Å²) in [5.74, 6) is 2.05. The number of thioether (sulfide) groups is 1. The zero-order chi connectivity index (χ0) is 21.9. The van der Waals surface area contributed by atoms with Crippen LogP contribution in [0.2, 0.25) is 5.02 Å². The third-order valence-corrected chi connectivity index (χ3v) is 5.94. The number of hydrogen-bond acceptors (Lipinski definition) is 6. The number of benzene rings is 2. The highest BCUT2D eigenvalue weighted by Gasteiger charge is 2.17. The molecule has 32 heavy (non-hydrogen) atoms. The minimum atomic E-state index is -0.336. The maximum Gasteiger partial charge on any atom is 0.226 e. The second-order valence-electron chi connectivity index (χ2n) is 6.92. The molecule has 0 aliphatic rings. The fourth-order valence-corrected chi connectivity index (χ4v) is 4.12. The zero-order valence-corrected chi connectivity index (χ0v) is 18.2. The standard InChI is InChI=1S/C23H16ClFN4O2S/c24-17-8-6-15(7-9-17)21-27-28-23(29(21)12-20-5-2-10-30-20)32-14-19-13-31-22(26-19)16-3-1-4-18(25)11-16/h1-11,13H,12,14H2. The topological polar surface area (TPSA) is 69.9 Å². The second-order valence-corrected chi connectivity index (χ2v) is 8.30. The van der Waals surface area contributed by atoms with Crippen molar-refractivity contribution in [1.82, 2.24) is 19.7 Å². The summed E-state index contributed by atoms with van der Waals surface area (Å²) < 4.78 is 26.5. The van der Waals surface area contributed by atoms with Gasteiger partial charge in [0.25, 0.3) is 0 Å². The van der Waals surface area contributed by atoms with E-state index in [4.69, 9.17) is 20.4 Å². The first kappa shape index (κ1) is 20.5. The van der Waals surface area contributed by atoms with Gasteiger partial charge in [0, 0.05) is 21.9 Å². The van der Waals surface area contributed by atoms with Crippen molar-refractivity contribution in [3.8, 4) is 22.8 Å². The van der Waals surface area contributed by atoms with Crippen molar-refractivity contribution in [2.75, 3.05) is 0 Å². The molecule has 3 heterocycles. The van der Waals surface area contributed by atoms with Crippen LogP contribution in [0.4, 0.5) is 4.39 Å². The van der Waals surface area contributed by atoms with Crippen LogP contribution >= 0.6 is 23.4 Å². The largest absolute Gasteiger partial charge is 0.467 e. The summed E-state index contributed by atoms with van der Waals surface area (Å²) in [4.78, 5) is 4.47. The third kappa shape index (κ3) is 4.46. The molecule has 0 atom stereocenters. The van der Waals surface area contributed by atoms with E-state index in [9.17, 15) is 4.39 Å². The average Bonchev–Trinajstić information content (AvgIpc) is 3.55. The number of hydrogen-bond donors (Lipinski definition) is 0. The number of rotatable bonds is 7. The Morgan fingerprint density at radius 3 is 2.62 bits per heavy atom. The number of halogens is 2. The minimum Gasteiger partial charge on any atom is -0.467 e. The summed E-state index contributed by atoms with van der Waals surface area (Å²) in [7, 11) is 0. The van der Waals surface area contributed by atoms with Crippen LogP contribution in [-0.2, 0) is 12.3 Å². The van der Waals surface area contributed by atoms with Crippen molar-refractivity contribution in [2.24, 2.45) is 0 Å². The molecule has 0 amide bonds. The molecule has 3 aromatic heterocycles. The average molecular weight is 467 g/mol. The SMILES string of the molecule is Fc1cccc(-c2nc(CSc3nnc(-c4ccc(Cl)cc4)n3Cc3ccco3)co2)c1. The van der Waals surface area contributed by atoms with Gasteiger partial charge in [-0.3, -0.25) is 4.57 Å². The lowest BCUT2D eigenvalue weighted by Crippen LogP contribution is -2.03. The summed E-state index contributed by atoms with van der Waals surface area (Å²) in [6.45, 7) is 0.480. The molecule has 6 nitrogen and oxygen atoms in total. The molecule has 0 saturated carbocycles. The second kappa shape index (κ2) is 9.02. The molecule has 0 N–H and O–H groups in total. The Morgan fingerprint density at radius 1 is 0.969 bits per heavy atom. The van der Waals surface area contributed by atoms with E-state index in [1.807, 2.05) is 41.0 Å². The van der Waals surface area contributed by atoms with Crippen LogP contribution < -0.4 is 0 Å². The molecule has 0 radical (unpaired) electrons. The molecule has 9 heteroatoms. The van der Waals surface area contributed by atoms with Gasteiger partial charge in [-0.05, 0) is 54.6 Å². The predicted octanol–water partition coefficient (Wildman–Crippen LogP) is 6.33. The molecule has 0 aliphatic heterocycles. The van der Waals surface area contributed by atoms with Crippen LogP contribution in [-0.4, -0.2) is 19.7 Å². The van der Waals surface area contributed by atoms with Crippen molar-refractivity contribution in [3.05, 3.63) is 95.5 Å². The monoisotopic (exact) mass is 466 g/mol. The molecular weight excluding hydrogens is 451 g/mol. The minimum absolute atomic E-state index is 0.336. The maximum absolute atomic E-state index is 13.5. The van der Waals surface area contributed by atoms with Crippen molar-refractivity contribution >= 4 is 23.4 Å².